The number of hydrogen-bond donors (Lipinski definition) is 1. The molecule has 3 heteroatoms. The fraction of sp³-hybridized carbons (Fsp3) is 0.267. The molecule has 1 heterocycles. The predicted octanol–water partition coefficient (Wildman–Crippen LogP) is 3.00. The van der Waals surface area contributed by atoms with Gasteiger partial charge in [0.1, 0.15) is 0 Å². The molecule has 0 saturated carbocycles. The lowest BCUT2D eigenvalue weighted by Gasteiger charge is -2.17. The van der Waals surface area contributed by atoms with Crippen LogP contribution in [0.3, 0.4) is 0 Å². The minimum atomic E-state index is -0.773. The third kappa shape index (κ3) is 1.77. The van der Waals surface area contributed by atoms with Crippen LogP contribution in [-0.2, 0) is 9.53 Å². The molecule has 2 atom stereocenters. The van der Waals surface area contributed by atoms with Gasteiger partial charge >= 0.3 is 5.97 Å². The van der Waals surface area contributed by atoms with E-state index in [0.29, 0.717) is 13.0 Å². The van der Waals surface area contributed by atoms with Crippen LogP contribution < -0.4 is 0 Å². The van der Waals surface area contributed by atoms with Gasteiger partial charge in [0.15, 0.2) is 0 Å². The van der Waals surface area contributed by atoms with Crippen LogP contribution in [0.4, 0.5) is 0 Å². The number of carboxylic acids is 1. The van der Waals surface area contributed by atoms with E-state index >= 15 is 0 Å². The summed E-state index contributed by atoms with van der Waals surface area (Å²) in [7, 11) is 0. The maximum Gasteiger partial charge on any atom is 0.309 e. The molecule has 0 bridgehead atoms. The summed E-state index contributed by atoms with van der Waals surface area (Å²) in [6.07, 6.45) is 0.261. The third-order valence-electron chi connectivity index (χ3n) is 3.54. The number of carboxylic acid groups (broad SMARTS) is 1. The minimum Gasteiger partial charge on any atom is -0.481 e. The van der Waals surface area contributed by atoms with E-state index in [9.17, 15) is 9.90 Å². The van der Waals surface area contributed by atoms with Crippen molar-refractivity contribution in [2.45, 2.75) is 12.5 Å². The molecule has 0 aromatic heterocycles. The van der Waals surface area contributed by atoms with Crippen LogP contribution in [-0.4, -0.2) is 17.7 Å². The molecule has 3 rings (SSSR count). The van der Waals surface area contributed by atoms with Gasteiger partial charge in [0.2, 0.25) is 0 Å². The van der Waals surface area contributed by atoms with Crippen LogP contribution in [0.5, 0.6) is 0 Å². The van der Waals surface area contributed by atoms with Crippen molar-refractivity contribution in [1.82, 2.24) is 0 Å². The van der Waals surface area contributed by atoms with Gasteiger partial charge in [0, 0.05) is 6.61 Å². The van der Waals surface area contributed by atoms with Gasteiger partial charge in [0.25, 0.3) is 0 Å². The largest absolute Gasteiger partial charge is 0.481 e. The first kappa shape index (κ1) is 11.2. The summed E-state index contributed by atoms with van der Waals surface area (Å²) in [6, 6.07) is 14.0. The van der Waals surface area contributed by atoms with Crippen molar-refractivity contribution in [3.63, 3.8) is 0 Å². The van der Waals surface area contributed by atoms with Crippen molar-refractivity contribution in [2.24, 2.45) is 5.92 Å². The summed E-state index contributed by atoms with van der Waals surface area (Å²) in [5.41, 5.74) is 0.984. The summed E-state index contributed by atoms with van der Waals surface area (Å²) >= 11 is 0. The third-order valence-corrected chi connectivity index (χ3v) is 3.54. The van der Waals surface area contributed by atoms with E-state index in [4.69, 9.17) is 4.74 Å². The van der Waals surface area contributed by atoms with Crippen molar-refractivity contribution >= 4 is 16.7 Å². The van der Waals surface area contributed by atoms with Crippen LogP contribution in [0.2, 0.25) is 0 Å². The summed E-state index contributed by atoms with van der Waals surface area (Å²) in [6.45, 7) is 0.519. The van der Waals surface area contributed by atoms with Gasteiger partial charge in [0.05, 0.1) is 12.0 Å². The van der Waals surface area contributed by atoms with Gasteiger partial charge in [-0.05, 0) is 22.8 Å². The highest BCUT2D eigenvalue weighted by Crippen LogP contribution is 2.37. The zero-order chi connectivity index (χ0) is 12.5. The molecular weight excluding hydrogens is 228 g/mol. The molecule has 1 fully saturated rings. The molecule has 2 aromatic rings. The number of hydrogen-bond acceptors (Lipinski definition) is 2. The van der Waals surface area contributed by atoms with E-state index in [1.165, 1.54) is 0 Å². The molecule has 92 valence electrons. The standard InChI is InChI=1S/C15H14O3/c16-15(17)13-8-9-18-14(13)12-7-3-5-10-4-1-2-6-11(10)12/h1-7,13-14H,8-9H2,(H,16,17). The number of ether oxygens (including phenoxy) is 1. The molecule has 0 spiro atoms. The lowest BCUT2D eigenvalue weighted by atomic mass is 9.92. The van der Waals surface area contributed by atoms with Crippen LogP contribution in [0.15, 0.2) is 42.5 Å². The Labute approximate surface area is 105 Å². The van der Waals surface area contributed by atoms with Gasteiger partial charge in [-0.25, -0.2) is 0 Å². The number of benzene rings is 2. The van der Waals surface area contributed by atoms with E-state index in [0.717, 1.165) is 16.3 Å². The molecule has 18 heavy (non-hydrogen) atoms. The van der Waals surface area contributed by atoms with Gasteiger partial charge in [-0.15, -0.1) is 0 Å². The SMILES string of the molecule is O=C(O)C1CCOC1c1cccc2ccccc12. The van der Waals surface area contributed by atoms with Crippen molar-refractivity contribution in [3.05, 3.63) is 48.0 Å². The molecule has 2 aromatic carbocycles. The number of carbonyl (C=O) groups is 1. The normalized spacial score (nSPS) is 23.3. The fourth-order valence-corrected chi connectivity index (χ4v) is 2.65. The van der Waals surface area contributed by atoms with Gasteiger partial charge < -0.3 is 9.84 Å². The average Bonchev–Trinajstić information content (AvgIpc) is 2.87. The monoisotopic (exact) mass is 242 g/mol. The molecule has 3 nitrogen and oxygen atoms in total. The minimum absolute atomic E-state index is 0.325. The summed E-state index contributed by atoms with van der Waals surface area (Å²) < 4.78 is 5.64. The Morgan fingerprint density at radius 1 is 1.17 bits per heavy atom. The Hall–Kier alpha value is -1.87. The van der Waals surface area contributed by atoms with Crippen molar-refractivity contribution in [3.8, 4) is 0 Å². The second-order valence-corrected chi connectivity index (χ2v) is 4.59. The Balaban J connectivity index is 2.11. The van der Waals surface area contributed by atoms with Crippen molar-refractivity contribution in [1.29, 1.82) is 0 Å². The van der Waals surface area contributed by atoms with Gasteiger partial charge in [-0.2, -0.15) is 0 Å². The summed E-state index contributed by atoms with van der Waals surface area (Å²) in [4.78, 5) is 11.2. The zero-order valence-electron chi connectivity index (χ0n) is 9.87. The highest BCUT2D eigenvalue weighted by atomic mass is 16.5. The van der Waals surface area contributed by atoms with Crippen LogP contribution in [0, 0.1) is 5.92 Å². The number of aliphatic carboxylic acids is 1. The second-order valence-electron chi connectivity index (χ2n) is 4.59. The molecule has 1 aliphatic heterocycles. The predicted molar refractivity (Wildman–Crippen MR) is 68.4 cm³/mol. The molecule has 1 saturated heterocycles. The average molecular weight is 242 g/mol. The number of fused-ring (bicyclic) bond motifs is 1. The van der Waals surface area contributed by atoms with Crippen LogP contribution in [0.1, 0.15) is 18.1 Å². The Morgan fingerprint density at radius 2 is 1.94 bits per heavy atom. The van der Waals surface area contributed by atoms with Gasteiger partial charge in [-0.3, -0.25) is 4.79 Å². The Bertz CT molecular complexity index is 586. The molecule has 1 N–H and O–H groups in total. The second kappa shape index (κ2) is 4.42. The summed E-state index contributed by atoms with van der Waals surface area (Å²) in [5, 5.41) is 11.4. The molecule has 1 aliphatic rings. The summed E-state index contributed by atoms with van der Waals surface area (Å²) in [5.74, 6) is -1.21. The van der Waals surface area contributed by atoms with E-state index in [1.807, 2.05) is 42.5 Å². The topological polar surface area (TPSA) is 46.5 Å². The molecule has 0 amide bonds. The molecule has 2 unspecified atom stereocenters. The molecule has 0 aliphatic carbocycles. The van der Waals surface area contributed by atoms with E-state index < -0.39 is 11.9 Å². The quantitative estimate of drug-likeness (QED) is 0.880. The van der Waals surface area contributed by atoms with Gasteiger partial charge in [-0.1, -0.05) is 42.5 Å². The first-order valence-corrected chi connectivity index (χ1v) is 6.09. The Kier molecular flexibility index (Phi) is 2.76. The molecule has 0 radical (unpaired) electrons. The highest BCUT2D eigenvalue weighted by Gasteiger charge is 2.35. The van der Waals surface area contributed by atoms with E-state index in [2.05, 4.69) is 0 Å². The molecular formula is C15H14O3. The fourth-order valence-electron chi connectivity index (χ4n) is 2.65. The van der Waals surface area contributed by atoms with E-state index in [-0.39, 0.29) is 6.10 Å². The van der Waals surface area contributed by atoms with Crippen molar-refractivity contribution < 1.29 is 14.6 Å². The maximum absolute atomic E-state index is 11.2. The highest BCUT2D eigenvalue weighted by molar-refractivity contribution is 5.86. The van der Waals surface area contributed by atoms with Crippen LogP contribution in [0.25, 0.3) is 10.8 Å². The first-order valence-electron chi connectivity index (χ1n) is 6.09. The zero-order valence-corrected chi connectivity index (χ0v) is 9.87. The maximum atomic E-state index is 11.2. The van der Waals surface area contributed by atoms with Crippen LogP contribution >= 0.6 is 0 Å². The Morgan fingerprint density at radius 3 is 2.78 bits per heavy atom. The first-order chi connectivity index (χ1) is 8.77. The van der Waals surface area contributed by atoms with E-state index in [1.54, 1.807) is 0 Å². The number of rotatable bonds is 2. The lowest BCUT2D eigenvalue weighted by Crippen LogP contribution is -2.17. The van der Waals surface area contributed by atoms with Crippen molar-refractivity contribution in [2.75, 3.05) is 6.61 Å². The lowest BCUT2D eigenvalue weighted by molar-refractivity contribution is -0.143. The smallest absolute Gasteiger partial charge is 0.309 e.